The summed E-state index contributed by atoms with van der Waals surface area (Å²) in [5.41, 5.74) is -1.04. The first-order valence-corrected chi connectivity index (χ1v) is 8.49. The molecule has 1 aromatic rings. The van der Waals surface area contributed by atoms with Crippen LogP contribution in [0.15, 0.2) is 9.95 Å². The smallest absolute Gasteiger partial charge is 0.337 e. The fourth-order valence-electron chi connectivity index (χ4n) is 2.26. The number of unbranched alkanes of at least 4 members (excludes halogenated alkanes) is 1. The van der Waals surface area contributed by atoms with Gasteiger partial charge in [0.25, 0.3) is 0 Å². The molecule has 1 unspecified atom stereocenters. The van der Waals surface area contributed by atoms with Crippen LogP contribution in [0.1, 0.15) is 39.5 Å². The first kappa shape index (κ1) is 16.6. The Morgan fingerprint density at radius 3 is 2.95 bits per heavy atom. The molecule has 1 aliphatic carbocycles. The van der Waals surface area contributed by atoms with Crippen molar-refractivity contribution in [2.45, 2.75) is 56.8 Å². The normalized spacial score (nSPS) is 16.8. The van der Waals surface area contributed by atoms with Crippen molar-refractivity contribution in [1.29, 1.82) is 5.26 Å². The molecule has 7 nitrogen and oxygen atoms in total. The van der Waals surface area contributed by atoms with Crippen molar-refractivity contribution in [1.82, 2.24) is 20.1 Å². The Labute approximate surface area is 133 Å². The molecule has 1 aliphatic rings. The van der Waals surface area contributed by atoms with Crippen molar-refractivity contribution >= 4 is 17.7 Å². The SMILES string of the molecule is CCCCn1c(SCC(=O)NC(C)(C#N)C2CC2)n[nH]c1=O. The van der Waals surface area contributed by atoms with Gasteiger partial charge >= 0.3 is 5.69 Å². The summed E-state index contributed by atoms with van der Waals surface area (Å²) in [6, 6.07) is 2.19. The van der Waals surface area contributed by atoms with E-state index in [9.17, 15) is 14.9 Å². The molecular formula is C14H21N5O2S. The van der Waals surface area contributed by atoms with Crippen LogP contribution in [-0.4, -0.2) is 32.0 Å². The molecule has 1 fully saturated rings. The number of rotatable bonds is 8. The second kappa shape index (κ2) is 7.01. The lowest BCUT2D eigenvalue weighted by molar-refractivity contribution is -0.119. The highest BCUT2D eigenvalue weighted by Gasteiger charge is 2.42. The number of nitrogens with zero attached hydrogens (tertiary/aromatic N) is 3. The van der Waals surface area contributed by atoms with Crippen LogP contribution in [0.3, 0.4) is 0 Å². The minimum absolute atomic E-state index is 0.139. The minimum Gasteiger partial charge on any atom is -0.337 e. The van der Waals surface area contributed by atoms with Crippen molar-refractivity contribution in [2.24, 2.45) is 5.92 Å². The number of hydrogen-bond acceptors (Lipinski definition) is 5. The molecule has 2 rings (SSSR count). The molecule has 0 aliphatic heterocycles. The fourth-order valence-corrected chi connectivity index (χ4v) is 3.04. The summed E-state index contributed by atoms with van der Waals surface area (Å²) in [4.78, 5) is 23.7. The summed E-state index contributed by atoms with van der Waals surface area (Å²) < 4.78 is 1.55. The average Bonchev–Trinajstić information content (AvgIpc) is 3.29. The summed E-state index contributed by atoms with van der Waals surface area (Å²) in [6.07, 6.45) is 3.82. The zero-order chi connectivity index (χ0) is 16.2. The third kappa shape index (κ3) is 3.91. The maximum atomic E-state index is 12.0. The van der Waals surface area contributed by atoms with Gasteiger partial charge in [-0.2, -0.15) is 5.26 Å². The topological polar surface area (TPSA) is 104 Å². The largest absolute Gasteiger partial charge is 0.343 e. The molecule has 1 saturated carbocycles. The highest BCUT2D eigenvalue weighted by atomic mass is 32.2. The lowest BCUT2D eigenvalue weighted by Gasteiger charge is -2.22. The Morgan fingerprint density at radius 1 is 1.64 bits per heavy atom. The average molecular weight is 323 g/mol. The van der Waals surface area contributed by atoms with Crippen LogP contribution < -0.4 is 11.0 Å². The van der Waals surface area contributed by atoms with Gasteiger partial charge in [0.15, 0.2) is 5.16 Å². The van der Waals surface area contributed by atoms with E-state index in [1.54, 1.807) is 11.5 Å². The van der Waals surface area contributed by atoms with Crippen molar-refractivity contribution in [3.05, 3.63) is 10.5 Å². The van der Waals surface area contributed by atoms with Gasteiger partial charge in [-0.05, 0) is 32.1 Å². The maximum absolute atomic E-state index is 12.0. The van der Waals surface area contributed by atoms with Crippen LogP contribution in [0.25, 0.3) is 0 Å². The molecule has 0 bridgehead atoms. The molecule has 120 valence electrons. The molecule has 0 aromatic carbocycles. The summed E-state index contributed by atoms with van der Waals surface area (Å²) in [5, 5.41) is 18.9. The van der Waals surface area contributed by atoms with E-state index in [1.807, 2.05) is 6.92 Å². The minimum atomic E-state index is -0.787. The standard InChI is InChI=1S/C14H21N5O2S/c1-3-4-7-19-12(21)17-18-13(19)22-8-11(20)16-14(2,9-15)10-5-6-10/h10H,3-8H2,1-2H3,(H,16,20)(H,17,21). The number of hydrogen-bond donors (Lipinski definition) is 2. The third-order valence-corrected chi connectivity index (χ3v) is 4.79. The number of carbonyl (C=O) groups excluding carboxylic acids is 1. The highest BCUT2D eigenvalue weighted by Crippen LogP contribution is 2.39. The van der Waals surface area contributed by atoms with Crippen LogP contribution in [0.5, 0.6) is 0 Å². The molecule has 0 saturated heterocycles. The summed E-state index contributed by atoms with van der Waals surface area (Å²) in [7, 11) is 0. The Kier molecular flexibility index (Phi) is 5.29. The Bertz CT molecular complexity index is 628. The van der Waals surface area contributed by atoms with E-state index in [0.29, 0.717) is 11.7 Å². The van der Waals surface area contributed by atoms with Crippen LogP contribution in [0, 0.1) is 17.2 Å². The molecular weight excluding hydrogens is 302 g/mol. The van der Waals surface area contributed by atoms with Crippen molar-refractivity contribution < 1.29 is 4.79 Å². The number of nitriles is 1. The first-order chi connectivity index (χ1) is 10.5. The van der Waals surface area contributed by atoms with Gasteiger partial charge in [-0.1, -0.05) is 25.1 Å². The van der Waals surface area contributed by atoms with E-state index in [4.69, 9.17) is 0 Å². The highest BCUT2D eigenvalue weighted by molar-refractivity contribution is 7.99. The molecule has 1 amide bonds. The maximum Gasteiger partial charge on any atom is 0.343 e. The predicted octanol–water partition coefficient (Wildman–Crippen LogP) is 1.27. The summed E-state index contributed by atoms with van der Waals surface area (Å²) in [5.74, 6) is 0.179. The zero-order valence-electron chi connectivity index (χ0n) is 12.9. The van der Waals surface area contributed by atoms with Gasteiger partial charge < -0.3 is 5.32 Å². The molecule has 0 spiro atoms. The third-order valence-electron chi connectivity index (χ3n) is 3.82. The molecule has 2 N–H and O–H groups in total. The predicted molar refractivity (Wildman–Crippen MR) is 83.4 cm³/mol. The molecule has 8 heteroatoms. The lowest BCUT2D eigenvalue weighted by atomic mass is 9.98. The number of carbonyl (C=O) groups is 1. The van der Waals surface area contributed by atoms with Crippen molar-refractivity contribution in [2.75, 3.05) is 5.75 Å². The number of nitrogens with one attached hydrogen (secondary N) is 2. The van der Waals surface area contributed by atoms with E-state index in [1.165, 1.54) is 11.8 Å². The van der Waals surface area contributed by atoms with E-state index < -0.39 is 5.54 Å². The Hall–Kier alpha value is -1.75. The second-order valence-corrected chi connectivity index (χ2v) is 6.68. The van der Waals surface area contributed by atoms with Crippen molar-refractivity contribution in [3.8, 4) is 6.07 Å². The zero-order valence-corrected chi connectivity index (χ0v) is 13.7. The van der Waals surface area contributed by atoms with Crippen LogP contribution >= 0.6 is 11.8 Å². The van der Waals surface area contributed by atoms with E-state index in [0.717, 1.165) is 25.7 Å². The van der Waals surface area contributed by atoms with E-state index in [2.05, 4.69) is 21.6 Å². The molecule has 1 atom stereocenters. The summed E-state index contributed by atoms with van der Waals surface area (Å²) in [6.45, 7) is 4.40. The van der Waals surface area contributed by atoms with E-state index >= 15 is 0 Å². The van der Waals surface area contributed by atoms with Gasteiger partial charge in [0.1, 0.15) is 5.54 Å². The molecule has 0 radical (unpaired) electrons. The first-order valence-electron chi connectivity index (χ1n) is 7.50. The van der Waals surface area contributed by atoms with Crippen LogP contribution in [0.2, 0.25) is 0 Å². The second-order valence-electron chi connectivity index (χ2n) is 5.74. The van der Waals surface area contributed by atoms with Gasteiger partial charge in [0.05, 0.1) is 11.8 Å². The number of aromatic nitrogens is 3. The molecule has 1 aromatic heterocycles. The molecule has 22 heavy (non-hydrogen) atoms. The monoisotopic (exact) mass is 323 g/mol. The number of H-pyrrole nitrogens is 1. The fraction of sp³-hybridized carbons (Fsp3) is 0.714. The van der Waals surface area contributed by atoms with Gasteiger partial charge in [-0.3, -0.25) is 9.36 Å². The lowest BCUT2D eigenvalue weighted by Crippen LogP contribution is -2.47. The van der Waals surface area contributed by atoms with Gasteiger partial charge in [0, 0.05) is 6.54 Å². The van der Waals surface area contributed by atoms with Gasteiger partial charge in [0.2, 0.25) is 5.91 Å². The number of thioether (sulfide) groups is 1. The van der Waals surface area contributed by atoms with Crippen molar-refractivity contribution in [3.63, 3.8) is 0 Å². The number of aromatic amines is 1. The Morgan fingerprint density at radius 2 is 2.36 bits per heavy atom. The van der Waals surface area contributed by atoms with E-state index in [-0.39, 0.29) is 23.3 Å². The number of amides is 1. The van der Waals surface area contributed by atoms with Gasteiger partial charge in [-0.25, -0.2) is 9.89 Å². The summed E-state index contributed by atoms with van der Waals surface area (Å²) >= 11 is 1.21. The molecule has 1 heterocycles. The Balaban J connectivity index is 1.91. The van der Waals surface area contributed by atoms with Gasteiger partial charge in [-0.15, -0.1) is 5.10 Å². The quantitative estimate of drug-likeness (QED) is 0.701. The van der Waals surface area contributed by atoms with Crippen LogP contribution in [-0.2, 0) is 11.3 Å². The van der Waals surface area contributed by atoms with Crippen LogP contribution in [0.4, 0.5) is 0 Å².